The first-order valence-electron chi connectivity index (χ1n) is 41.8. The number of hydrogen-bond donors (Lipinski definition) is 3. The molecule has 3 N–H and O–H groups in total. The van der Waals surface area contributed by atoms with Crippen molar-refractivity contribution in [3.63, 3.8) is 0 Å². The number of carbonyl (C=O) groups is 4. The molecule has 0 saturated heterocycles. The first kappa shape index (κ1) is 98.1. The third-order valence-electron chi connectivity index (χ3n) is 18.9. The van der Waals surface area contributed by atoms with Gasteiger partial charge in [-0.15, -0.1) is 0 Å². The summed E-state index contributed by atoms with van der Waals surface area (Å²) < 4.78 is 68.7. The van der Waals surface area contributed by atoms with Crippen molar-refractivity contribution in [2.75, 3.05) is 39.6 Å². The third-order valence-corrected chi connectivity index (χ3v) is 20.8. The standard InChI is InChI=1S/C81H158O17P2/c1-8-9-10-11-12-13-14-29-35-42-50-57-64-80(85)98-77(69-92-79(84)63-56-49-44-37-40-47-54-61-74(6)7)71-96-100(89,90)94-67-75(82)66-93-99(87,88)95-70-76(97-81(86)65-58-51-43-36-31-26-22-18-16-20-24-28-33-39-46-53-60-73(4)5)68-91-78(83)62-55-48-41-34-30-25-21-17-15-19-23-27-32-38-45-52-59-72(2)3/h72-77,82H,8-71H2,1-7H3,(H,87,88)(H,89,90)/t75-,76-,77-/m1/s1. The number of aliphatic hydroxyl groups is 1. The van der Waals surface area contributed by atoms with Crippen LogP contribution in [0.15, 0.2) is 0 Å². The van der Waals surface area contributed by atoms with Crippen molar-refractivity contribution >= 4 is 39.5 Å². The molecule has 0 bridgehead atoms. The van der Waals surface area contributed by atoms with Gasteiger partial charge in [-0.05, 0) is 43.4 Å². The zero-order valence-corrected chi connectivity index (χ0v) is 67.5. The summed E-state index contributed by atoms with van der Waals surface area (Å²) in [5.41, 5.74) is 0. The van der Waals surface area contributed by atoms with E-state index in [1.807, 2.05) is 0 Å². The fraction of sp³-hybridized carbons (Fsp3) is 0.951. The lowest BCUT2D eigenvalue weighted by molar-refractivity contribution is -0.161. The van der Waals surface area contributed by atoms with Gasteiger partial charge in [0.15, 0.2) is 12.2 Å². The first-order valence-corrected chi connectivity index (χ1v) is 44.8. The molecule has 0 aliphatic heterocycles. The van der Waals surface area contributed by atoms with Crippen molar-refractivity contribution in [1.82, 2.24) is 0 Å². The first-order chi connectivity index (χ1) is 48.2. The molecule has 0 rings (SSSR count). The molecule has 5 atom stereocenters. The molecule has 0 heterocycles. The number of hydrogen-bond acceptors (Lipinski definition) is 15. The molecule has 0 amide bonds. The summed E-state index contributed by atoms with van der Waals surface area (Å²) in [6.07, 6.45) is 59.7. The Morgan fingerprint density at radius 2 is 0.460 bits per heavy atom. The van der Waals surface area contributed by atoms with E-state index in [2.05, 4.69) is 48.5 Å². The average Bonchev–Trinajstić information content (AvgIpc) is 0.913. The van der Waals surface area contributed by atoms with Crippen molar-refractivity contribution < 1.29 is 80.2 Å². The minimum Gasteiger partial charge on any atom is -0.462 e. The van der Waals surface area contributed by atoms with Crippen LogP contribution in [0.1, 0.15) is 421 Å². The molecule has 0 fully saturated rings. The smallest absolute Gasteiger partial charge is 0.462 e. The van der Waals surface area contributed by atoms with Gasteiger partial charge in [-0.3, -0.25) is 37.3 Å². The van der Waals surface area contributed by atoms with Gasteiger partial charge in [-0.1, -0.05) is 370 Å². The lowest BCUT2D eigenvalue weighted by atomic mass is 10.0. The van der Waals surface area contributed by atoms with Crippen molar-refractivity contribution in [3.05, 3.63) is 0 Å². The van der Waals surface area contributed by atoms with Gasteiger partial charge in [-0.2, -0.15) is 0 Å². The highest BCUT2D eigenvalue weighted by Crippen LogP contribution is 2.45. The second kappa shape index (κ2) is 71.3. The highest BCUT2D eigenvalue weighted by atomic mass is 31.2. The minimum atomic E-state index is -4.96. The van der Waals surface area contributed by atoms with Crippen LogP contribution in [0.3, 0.4) is 0 Å². The molecule has 19 heteroatoms. The van der Waals surface area contributed by atoms with Crippen molar-refractivity contribution in [3.8, 4) is 0 Å². The van der Waals surface area contributed by atoms with Gasteiger partial charge >= 0.3 is 39.5 Å². The molecule has 0 aromatic rings. The van der Waals surface area contributed by atoms with Gasteiger partial charge in [0.2, 0.25) is 0 Å². The zero-order valence-electron chi connectivity index (χ0n) is 65.7. The van der Waals surface area contributed by atoms with E-state index in [0.29, 0.717) is 31.6 Å². The summed E-state index contributed by atoms with van der Waals surface area (Å²) in [6, 6.07) is 0. The fourth-order valence-electron chi connectivity index (χ4n) is 12.5. The second-order valence-electron chi connectivity index (χ2n) is 30.6. The minimum absolute atomic E-state index is 0.107. The van der Waals surface area contributed by atoms with E-state index in [0.717, 1.165) is 108 Å². The van der Waals surface area contributed by atoms with Crippen LogP contribution in [0.4, 0.5) is 0 Å². The molecule has 0 radical (unpaired) electrons. The van der Waals surface area contributed by atoms with Crippen LogP contribution in [-0.4, -0.2) is 96.7 Å². The highest BCUT2D eigenvalue weighted by molar-refractivity contribution is 7.47. The predicted octanol–water partition coefficient (Wildman–Crippen LogP) is 24.1. The average molecular weight is 1470 g/mol. The molecule has 0 saturated carbocycles. The van der Waals surface area contributed by atoms with Gasteiger partial charge < -0.3 is 33.8 Å². The van der Waals surface area contributed by atoms with Gasteiger partial charge in [0.05, 0.1) is 26.4 Å². The number of phosphoric ester groups is 2. The van der Waals surface area contributed by atoms with Crippen LogP contribution in [0, 0.1) is 17.8 Å². The number of rotatable bonds is 79. The molecule has 0 aromatic heterocycles. The fourth-order valence-corrected chi connectivity index (χ4v) is 14.1. The Kier molecular flexibility index (Phi) is 69.9. The maximum Gasteiger partial charge on any atom is 0.472 e. The Bertz CT molecular complexity index is 1940. The van der Waals surface area contributed by atoms with E-state index in [1.54, 1.807) is 0 Å². The Morgan fingerprint density at radius 1 is 0.270 bits per heavy atom. The quantitative estimate of drug-likeness (QED) is 0.0222. The molecule has 17 nitrogen and oxygen atoms in total. The molecular formula is C81H158O17P2. The Morgan fingerprint density at radius 3 is 0.680 bits per heavy atom. The second-order valence-corrected chi connectivity index (χ2v) is 33.5. The van der Waals surface area contributed by atoms with Crippen molar-refractivity contribution in [2.24, 2.45) is 17.8 Å². The molecule has 0 spiro atoms. The van der Waals surface area contributed by atoms with Crippen LogP contribution >= 0.6 is 15.6 Å². The molecule has 0 aliphatic carbocycles. The number of ether oxygens (including phenoxy) is 4. The van der Waals surface area contributed by atoms with E-state index in [-0.39, 0.29) is 25.7 Å². The third kappa shape index (κ3) is 74.3. The predicted molar refractivity (Wildman–Crippen MR) is 409 cm³/mol. The van der Waals surface area contributed by atoms with E-state index < -0.39 is 97.5 Å². The molecule has 100 heavy (non-hydrogen) atoms. The maximum atomic E-state index is 13.1. The summed E-state index contributed by atoms with van der Waals surface area (Å²) in [6.45, 7) is 11.9. The monoisotopic (exact) mass is 1470 g/mol. The lowest BCUT2D eigenvalue weighted by Crippen LogP contribution is -2.30. The Balaban J connectivity index is 5.22. The number of esters is 4. The number of aliphatic hydroxyl groups excluding tert-OH is 1. The highest BCUT2D eigenvalue weighted by Gasteiger charge is 2.30. The molecular weight excluding hydrogens is 1310 g/mol. The topological polar surface area (TPSA) is 237 Å². The van der Waals surface area contributed by atoms with E-state index in [1.165, 1.54) is 225 Å². The van der Waals surface area contributed by atoms with E-state index in [9.17, 15) is 43.2 Å². The normalized spacial score (nSPS) is 14.0. The summed E-state index contributed by atoms with van der Waals surface area (Å²) in [4.78, 5) is 73.0. The van der Waals surface area contributed by atoms with Crippen molar-refractivity contribution in [1.29, 1.82) is 0 Å². The molecule has 2 unspecified atom stereocenters. The Hall–Kier alpha value is -1.94. The van der Waals surface area contributed by atoms with Crippen LogP contribution in [0.2, 0.25) is 0 Å². The largest absolute Gasteiger partial charge is 0.472 e. The number of unbranched alkanes of at least 4 members (excludes halogenated alkanes) is 47. The summed E-state index contributed by atoms with van der Waals surface area (Å²) in [7, 11) is -9.92. The van der Waals surface area contributed by atoms with Gasteiger partial charge in [0.25, 0.3) is 0 Å². The van der Waals surface area contributed by atoms with Crippen LogP contribution in [-0.2, 0) is 65.4 Å². The number of carbonyl (C=O) groups excluding carboxylic acids is 4. The molecule has 0 aliphatic rings. The van der Waals surface area contributed by atoms with Crippen LogP contribution in [0.5, 0.6) is 0 Å². The molecule has 0 aromatic carbocycles. The summed E-state index contributed by atoms with van der Waals surface area (Å²) in [5.74, 6) is 0.216. The number of phosphoric acid groups is 2. The van der Waals surface area contributed by atoms with Crippen molar-refractivity contribution in [2.45, 2.75) is 439 Å². The lowest BCUT2D eigenvalue weighted by Gasteiger charge is -2.21. The summed E-state index contributed by atoms with van der Waals surface area (Å²) in [5, 5.41) is 10.6. The van der Waals surface area contributed by atoms with Crippen LogP contribution in [0.25, 0.3) is 0 Å². The van der Waals surface area contributed by atoms with Gasteiger partial charge in [0, 0.05) is 25.7 Å². The summed E-state index contributed by atoms with van der Waals surface area (Å²) >= 11 is 0. The van der Waals surface area contributed by atoms with Gasteiger partial charge in [0.1, 0.15) is 19.3 Å². The maximum absolute atomic E-state index is 13.1. The van der Waals surface area contributed by atoms with E-state index in [4.69, 9.17) is 37.0 Å². The SMILES string of the molecule is CCCCCCCCCCCCCCC(=O)O[C@H](COC(=O)CCCCCCCCCC(C)C)COP(=O)(O)OC[C@H](O)COP(=O)(O)OC[C@@H](COC(=O)CCCCCCCCCCCCCCCCCCC(C)C)OC(=O)CCCCCCCCCCCCCCCCCCC(C)C. The van der Waals surface area contributed by atoms with E-state index >= 15 is 0 Å². The zero-order chi connectivity index (χ0) is 73.7. The van der Waals surface area contributed by atoms with Gasteiger partial charge in [-0.25, -0.2) is 9.13 Å². The Labute approximate surface area is 613 Å². The molecule has 594 valence electrons. The van der Waals surface area contributed by atoms with Crippen LogP contribution < -0.4 is 0 Å².